The summed E-state index contributed by atoms with van der Waals surface area (Å²) in [4.78, 5) is 20.4. The van der Waals surface area contributed by atoms with Gasteiger partial charge in [-0.05, 0) is 56.0 Å². The van der Waals surface area contributed by atoms with E-state index >= 15 is 0 Å². The summed E-state index contributed by atoms with van der Waals surface area (Å²) < 4.78 is 10.9. The van der Waals surface area contributed by atoms with Crippen molar-refractivity contribution in [2.24, 2.45) is 0 Å². The summed E-state index contributed by atoms with van der Waals surface area (Å²) in [5, 5.41) is 4.93. The molecule has 0 radical (unpaired) electrons. The van der Waals surface area contributed by atoms with Gasteiger partial charge in [-0.1, -0.05) is 44.2 Å². The first kappa shape index (κ1) is 24.0. The van der Waals surface area contributed by atoms with Gasteiger partial charge in [-0.15, -0.1) is 0 Å². The number of nitrogens with zero attached hydrogens (tertiary/aromatic N) is 2. The lowest BCUT2D eigenvalue weighted by atomic mass is 10.1. The first-order valence-electron chi connectivity index (χ1n) is 11.8. The second kappa shape index (κ2) is 11.4. The highest BCUT2D eigenvalue weighted by molar-refractivity contribution is 7.80. The van der Waals surface area contributed by atoms with Gasteiger partial charge in [0.05, 0.1) is 12.1 Å². The van der Waals surface area contributed by atoms with Gasteiger partial charge in [0, 0.05) is 30.1 Å². The van der Waals surface area contributed by atoms with Crippen LogP contribution in [0, 0.1) is 0 Å². The molecule has 1 aliphatic heterocycles. The first-order chi connectivity index (χ1) is 16.6. The van der Waals surface area contributed by atoms with Crippen molar-refractivity contribution in [3.8, 4) is 11.5 Å². The van der Waals surface area contributed by atoms with Gasteiger partial charge in [-0.3, -0.25) is 4.79 Å². The third kappa shape index (κ3) is 5.87. The summed E-state index contributed by atoms with van der Waals surface area (Å²) in [6, 6.07) is 15.8. The highest BCUT2D eigenvalue weighted by atomic mass is 32.1. The molecule has 2 heterocycles. The van der Waals surface area contributed by atoms with Crippen molar-refractivity contribution in [2.75, 3.05) is 33.0 Å². The topological polar surface area (TPSA) is 69.8 Å². The van der Waals surface area contributed by atoms with E-state index in [4.69, 9.17) is 21.7 Å². The number of hydrogen-bond donors (Lipinski definition) is 2. The van der Waals surface area contributed by atoms with Crippen molar-refractivity contribution in [1.29, 1.82) is 0 Å². The zero-order valence-electron chi connectivity index (χ0n) is 19.8. The maximum atomic E-state index is 12.9. The second-order valence-corrected chi connectivity index (χ2v) is 8.75. The van der Waals surface area contributed by atoms with Crippen molar-refractivity contribution in [3.05, 3.63) is 70.0 Å². The number of pyridine rings is 1. The van der Waals surface area contributed by atoms with Crippen LogP contribution >= 0.6 is 12.2 Å². The van der Waals surface area contributed by atoms with Crippen LogP contribution in [0.4, 0.5) is 0 Å². The number of thiocarbonyl (C=S) groups is 1. The molecule has 0 aliphatic carbocycles. The fourth-order valence-electron chi connectivity index (χ4n) is 4.13. The Morgan fingerprint density at radius 2 is 1.79 bits per heavy atom. The summed E-state index contributed by atoms with van der Waals surface area (Å²) >= 11 is 5.77. The van der Waals surface area contributed by atoms with Crippen LogP contribution in [-0.2, 0) is 13.1 Å². The Labute approximate surface area is 205 Å². The molecule has 1 aromatic heterocycles. The third-order valence-electron chi connectivity index (χ3n) is 6.15. The van der Waals surface area contributed by atoms with Gasteiger partial charge in [-0.25, -0.2) is 0 Å². The maximum absolute atomic E-state index is 12.9. The molecule has 0 amide bonds. The van der Waals surface area contributed by atoms with Crippen molar-refractivity contribution in [1.82, 2.24) is 20.1 Å². The minimum atomic E-state index is -0.119. The molecule has 0 spiro atoms. The van der Waals surface area contributed by atoms with Crippen molar-refractivity contribution in [2.45, 2.75) is 33.4 Å². The first-order valence-corrected chi connectivity index (χ1v) is 12.2. The van der Waals surface area contributed by atoms with Gasteiger partial charge >= 0.3 is 0 Å². The third-order valence-corrected chi connectivity index (χ3v) is 6.55. The SMILES string of the molecule is CCN(CC)CCCN(Cc1cc2cc3c(cc2[nH]c1=O)OCO3)C(=S)NCc1ccccc1. The Bertz CT molecular complexity index is 1180. The van der Waals surface area contributed by atoms with E-state index in [2.05, 4.69) is 46.1 Å². The Morgan fingerprint density at radius 1 is 1.06 bits per heavy atom. The van der Waals surface area contributed by atoms with E-state index in [9.17, 15) is 4.79 Å². The van der Waals surface area contributed by atoms with Crippen LogP contribution in [0.15, 0.2) is 53.3 Å². The molecular formula is C26H32N4O3S. The predicted molar refractivity (Wildman–Crippen MR) is 139 cm³/mol. The van der Waals surface area contributed by atoms with Crippen LogP contribution in [0.5, 0.6) is 11.5 Å². The average Bonchev–Trinajstić information content (AvgIpc) is 3.31. The predicted octanol–water partition coefficient (Wildman–Crippen LogP) is 3.87. The number of nitrogens with one attached hydrogen (secondary N) is 2. The average molecular weight is 481 g/mol. The van der Waals surface area contributed by atoms with Gasteiger partial charge in [0.1, 0.15) is 0 Å². The van der Waals surface area contributed by atoms with Gasteiger partial charge in [0.25, 0.3) is 5.56 Å². The van der Waals surface area contributed by atoms with Crippen molar-refractivity contribution < 1.29 is 9.47 Å². The number of H-pyrrole nitrogens is 1. The van der Waals surface area contributed by atoms with E-state index in [0.717, 1.165) is 49.1 Å². The lowest BCUT2D eigenvalue weighted by Crippen LogP contribution is -2.41. The van der Waals surface area contributed by atoms with Crippen LogP contribution in [0.1, 0.15) is 31.4 Å². The van der Waals surface area contributed by atoms with Crippen LogP contribution in [0.2, 0.25) is 0 Å². The largest absolute Gasteiger partial charge is 0.454 e. The Hall–Kier alpha value is -3.10. The number of ether oxygens (including phenoxy) is 2. The summed E-state index contributed by atoms with van der Waals surface area (Å²) in [6.07, 6.45) is 0.957. The minimum absolute atomic E-state index is 0.119. The summed E-state index contributed by atoms with van der Waals surface area (Å²) in [5.41, 5.74) is 2.44. The van der Waals surface area contributed by atoms with Crippen LogP contribution in [0.3, 0.4) is 0 Å². The van der Waals surface area contributed by atoms with E-state index in [1.165, 1.54) is 0 Å². The Balaban J connectivity index is 1.51. The number of benzene rings is 2. The highest BCUT2D eigenvalue weighted by Crippen LogP contribution is 2.35. The molecule has 0 bridgehead atoms. The van der Waals surface area contributed by atoms with E-state index in [0.29, 0.717) is 35.3 Å². The van der Waals surface area contributed by atoms with Crippen LogP contribution in [-0.4, -0.2) is 52.9 Å². The molecule has 0 unspecified atom stereocenters. The van der Waals surface area contributed by atoms with Crippen molar-refractivity contribution >= 4 is 28.2 Å². The lowest BCUT2D eigenvalue weighted by molar-refractivity contribution is 0.174. The normalized spacial score (nSPS) is 12.3. The molecule has 0 saturated carbocycles. The standard InChI is InChI=1S/C26H32N4O3S/c1-3-29(4-2)11-8-12-30(26(34)27-16-19-9-6-5-7-10-19)17-21-13-20-14-23-24(33-18-32-23)15-22(20)28-25(21)31/h5-7,9-10,13-15H,3-4,8,11-12,16-18H2,1-2H3,(H,27,34)(H,28,31). The highest BCUT2D eigenvalue weighted by Gasteiger charge is 2.17. The molecule has 2 aromatic carbocycles. The lowest BCUT2D eigenvalue weighted by Gasteiger charge is -2.27. The van der Waals surface area contributed by atoms with Crippen LogP contribution in [0.25, 0.3) is 10.9 Å². The van der Waals surface area contributed by atoms with E-state index in [-0.39, 0.29) is 12.4 Å². The van der Waals surface area contributed by atoms with Gasteiger partial charge < -0.3 is 29.6 Å². The molecule has 8 heteroatoms. The molecule has 3 aromatic rings. The number of fused-ring (bicyclic) bond motifs is 2. The summed E-state index contributed by atoms with van der Waals surface area (Å²) in [5.74, 6) is 1.35. The van der Waals surface area contributed by atoms with Gasteiger partial charge in [0.2, 0.25) is 6.79 Å². The van der Waals surface area contributed by atoms with Crippen LogP contribution < -0.4 is 20.3 Å². The number of aromatic amines is 1. The molecular weight excluding hydrogens is 448 g/mol. The number of rotatable bonds is 10. The Kier molecular flexibility index (Phi) is 8.03. The molecule has 0 atom stereocenters. The fourth-order valence-corrected chi connectivity index (χ4v) is 4.36. The Morgan fingerprint density at radius 3 is 2.53 bits per heavy atom. The van der Waals surface area contributed by atoms with E-state index in [1.54, 1.807) is 0 Å². The molecule has 0 fully saturated rings. The molecule has 7 nitrogen and oxygen atoms in total. The monoisotopic (exact) mass is 480 g/mol. The van der Waals surface area contributed by atoms with E-state index < -0.39 is 0 Å². The molecule has 2 N–H and O–H groups in total. The molecule has 0 saturated heterocycles. The van der Waals surface area contributed by atoms with E-state index in [1.807, 2.05) is 36.4 Å². The smallest absolute Gasteiger partial charge is 0.253 e. The molecule has 180 valence electrons. The number of hydrogen-bond acceptors (Lipinski definition) is 5. The van der Waals surface area contributed by atoms with Gasteiger partial charge in [-0.2, -0.15) is 0 Å². The summed E-state index contributed by atoms with van der Waals surface area (Å²) in [6.45, 7) is 9.41. The maximum Gasteiger partial charge on any atom is 0.253 e. The molecule has 4 rings (SSSR count). The second-order valence-electron chi connectivity index (χ2n) is 8.36. The zero-order valence-corrected chi connectivity index (χ0v) is 20.6. The van der Waals surface area contributed by atoms with Crippen molar-refractivity contribution in [3.63, 3.8) is 0 Å². The fraction of sp³-hybridized carbons (Fsp3) is 0.385. The minimum Gasteiger partial charge on any atom is -0.454 e. The molecule has 1 aliphatic rings. The molecule has 34 heavy (non-hydrogen) atoms. The quantitative estimate of drug-likeness (QED) is 0.427. The summed E-state index contributed by atoms with van der Waals surface area (Å²) in [7, 11) is 0. The van der Waals surface area contributed by atoms with Gasteiger partial charge in [0.15, 0.2) is 16.6 Å². The zero-order chi connectivity index (χ0) is 23.9. The number of aromatic nitrogens is 1.